The Balaban J connectivity index is 2.08. The maximum Gasteiger partial charge on any atom is 0.253 e. The zero-order valence-electron chi connectivity index (χ0n) is 8.54. The predicted molar refractivity (Wildman–Crippen MR) is 59.1 cm³/mol. The number of aromatic nitrogens is 2. The lowest BCUT2D eigenvalue weighted by Crippen LogP contribution is -2.30. The molecule has 1 aromatic heterocycles. The highest BCUT2D eigenvalue weighted by Crippen LogP contribution is 2.09. The minimum Gasteiger partial charge on any atom is -0.382 e. The van der Waals surface area contributed by atoms with Crippen molar-refractivity contribution < 1.29 is 9.67 Å². The van der Waals surface area contributed by atoms with Gasteiger partial charge in [0.05, 0.1) is 7.05 Å². The molecule has 0 radical (unpaired) electrons. The average Bonchev–Trinajstić information content (AvgIpc) is 2.51. The van der Waals surface area contributed by atoms with Gasteiger partial charge >= 0.3 is 0 Å². The number of halogens is 1. The molecule has 0 saturated heterocycles. The molecule has 3 nitrogen and oxygen atoms in total. The lowest BCUT2D eigenvalue weighted by atomic mass is 10.1. The van der Waals surface area contributed by atoms with E-state index in [0.29, 0.717) is 0 Å². The summed E-state index contributed by atoms with van der Waals surface area (Å²) >= 11 is 3.12. The standard InChI is InChI=1S/C10H17BrN2O/c1-13-8-7-12-10(13)6-4-2-3-5-9(11)14/h7-9,14H,2-6H2,1H3/p+1. The van der Waals surface area contributed by atoms with E-state index in [4.69, 9.17) is 5.11 Å². The van der Waals surface area contributed by atoms with Crippen LogP contribution in [0.1, 0.15) is 31.5 Å². The summed E-state index contributed by atoms with van der Waals surface area (Å²) in [5, 5.41) is 8.66. The molecule has 0 spiro atoms. The van der Waals surface area contributed by atoms with Gasteiger partial charge < -0.3 is 5.11 Å². The van der Waals surface area contributed by atoms with E-state index in [2.05, 4.69) is 25.5 Å². The summed E-state index contributed by atoms with van der Waals surface area (Å²) in [4.78, 5) is 3.21. The fourth-order valence-electron chi connectivity index (χ4n) is 1.47. The number of aliphatic hydroxyl groups is 1. The molecule has 0 saturated carbocycles. The van der Waals surface area contributed by atoms with Crippen LogP contribution < -0.4 is 4.57 Å². The molecule has 0 aliphatic rings. The normalized spacial score (nSPS) is 13.1. The Hall–Kier alpha value is -0.350. The third kappa shape index (κ3) is 4.24. The van der Waals surface area contributed by atoms with Gasteiger partial charge in [0, 0.05) is 6.42 Å². The quantitative estimate of drug-likeness (QED) is 0.457. The van der Waals surface area contributed by atoms with Crippen LogP contribution in [0.4, 0.5) is 0 Å². The van der Waals surface area contributed by atoms with Crippen molar-refractivity contribution in [3.05, 3.63) is 18.2 Å². The summed E-state index contributed by atoms with van der Waals surface area (Å²) < 4.78 is 2.11. The molecule has 2 N–H and O–H groups in total. The molecule has 1 heterocycles. The SMILES string of the molecule is C[n+]1cc[nH]c1CCCCCC(O)Br. The highest BCUT2D eigenvalue weighted by atomic mass is 79.9. The van der Waals surface area contributed by atoms with Gasteiger partial charge in [0.15, 0.2) is 0 Å². The first-order chi connectivity index (χ1) is 6.70. The van der Waals surface area contributed by atoms with Crippen molar-refractivity contribution in [3.63, 3.8) is 0 Å². The van der Waals surface area contributed by atoms with Crippen molar-refractivity contribution in [2.75, 3.05) is 0 Å². The Morgan fingerprint density at radius 3 is 2.86 bits per heavy atom. The van der Waals surface area contributed by atoms with Crippen molar-refractivity contribution in [3.8, 4) is 0 Å². The molecule has 80 valence electrons. The van der Waals surface area contributed by atoms with Gasteiger partial charge in [-0.2, -0.15) is 0 Å². The monoisotopic (exact) mass is 261 g/mol. The molecular weight excluding hydrogens is 244 g/mol. The first-order valence-corrected chi connectivity index (χ1v) is 5.95. The zero-order valence-corrected chi connectivity index (χ0v) is 10.1. The number of hydrogen-bond acceptors (Lipinski definition) is 1. The molecule has 0 aromatic carbocycles. The van der Waals surface area contributed by atoms with Crippen LogP contribution in [0.25, 0.3) is 0 Å². The molecule has 0 aliphatic heterocycles. The summed E-state index contributed by atoms with van der Waals surface area (Å²) in [6.07, 6.45) is 9.33. The Labute approximate surface area is 93.3 Å². The molecule has 1 unspecified atom stereocenters. The minimum absolute atomic E-state index is 0.330. The number of imidazole rings is 1. The largest absolute Gasteiger partial charge is 0.382 e. The maximum atomic E-state index is 8.99. The van der Waals surface area contributed by atoms with E-state index in [1.807, 2.05) is 19.4 Å². The van der Waals surface area contributed by atoms with Crippen molar-refractivity contribution in [2.45, 2.75) is 37.1 Å². The molecule has 1 aromatic rings. The number of hydrogen-bond donors (Lipinski definition) is 2. The number of alkyl halides is 1. The van der Waals surface area contributed by atoms with E-state index in [0.717, 1.165) is 19.3 Å². The van der Waals surface area contributed by atoms with Gasteiger partial charge in [-0.3, -0.25) is 0 Å². The molecule has 4 heteroatoms. The number of nitrogens with zero attached hydrogens (tertiary/aromatic N) is 1. The number of aliphatic hydroxyl groups excluding tert-OH is 1. The molecule has 1 rings (SSSR count). The Morgan fingerprint density at radius 1 is 1.50 bits per heavy atom. The summed E-state index contributed by atoms with van der Waals surface area (Å²) in [6, 6.07) is 0. The Bertz CT molecular complexity index is 260. The molecule has 0 fully saturated rings. The minimum atomic E-state index is -0.330. The van der Waals surface area contributed by atoms with Crippen LogP contribution in [0, 0.1) is 0 Å². The molecule has 0 aliphatic carbocycles. The van der Waals surface area contributed by atoms with E-state index < -0.39 is 0 Å². The third-order valence-corrected chi connectivity index (χ3v) is 2.79. The van der Waals surface area contributed by atoms with E-state index in [1.54, 1.807) is 0 Å². The summed E-state index contributed by atoms with van der Waals surface area (Å²) in [5.41, 5.74) is 0. The topological polar surface area (TPSA) is 39.9 Å². The summed E-state index contributed by atoms with van der Waals surface area (Å²) in [7, 11) is 2.05. The average molecular weight is 262 g/mol. The van der Waals surface area contributed by atoms with Crippen molar-refractivity contribution in [1.29, 1.82) is 0 Å². The van der Waals surface area contributed by atoms with Gasteiger partial charge in [-0.25, -0.2) is 9.55 Å². The van der Waals surface area contributed by atoms with Gasteiger partial charge in [0.25, 0.3) is 5.82 Å². The van der Waals surface area contributed by atoms with Crippen LogP contribution in [0.15, 0.2) is 12.4 Å². The van der Waals surface area contributed by atoms with E-state index in [1.165, 1.54) is 18.7 Å². The van der Waals surface area contributed by atoms with Crippen LogP contribution in [0.3, 0.4) is 0 Å². The van der Waals surface area contributed by atoms with Gasteiger partial charge in [0.2, 0.25) is 0 Å². The van der Waals surface area contributed by atoms with Crippen molar-refractivity contribution in [1.82, 2.24) is 4.98 Å². The van der Waals surface area contributed by atoms with Crippen LogP contribution >= 0.6 is 15.9 Å². The van der Waals surface area contributed by atoms with Crippen molar-refractivity contribution >= 4 is 15.9 Å². The Kier molecular flexibility index (Phi) is 5.19. The molecule has 0 bridgehead atoms. The van der Waals surface area contributed by atoms with Gasteiger partial charge in [-0.15, -0.1) is 0 Å². The number of aromatic amines is 1. The van der Waals surface area contributed by atoms with E-state index >= 15 is 0 Å². The smallest absolute Gasteiger partial charge is 0.253 e. The molecule has 14 heavy (non-hydrogen) atoms. The zero-order chi connectivity index (χ0) is 10.4. The first kappa shape index (κ1) is 11.7. The second-order valence-electron chi connectivity index (χ2n) is 3.55. The van der Waals surface area contributed by atoms with Crippen LogP contribution in [-0.2, 0) is 13.5 Å². The van der Waals surface area contributed by atoms with Gasteiger partial charge in [-0.1, -0.05) is 22.4 Å². The summed E-state index contributed by atoms with van der Waals surface area (Å²) in [6.45, 7) is 0. The fourth-order valence-corrected chi connectivity index (χ4v) is 1.79. The number of H-pyrrole nitrogens is 1. The maximum absolute atomic E-state index is 8.99. The van der Waals surface area contributed by atoms with Gasteiger partial charge in [-0.05, 0) is 19.3 Å². The molecule has 1 atom stereocenters. The number of nitrogens with one attached hydrogen (secondary N) is 1. The molecular formula is C10H18BrN2O+. The highest BCUT2D eigenvalue weighted by molar-refractivity contribution is 9.09. The second kappa shape index (κ2) is 6.19. The van der Waals surface area contributed by atoms with Crippen LogP contribution in [0.5, 0.6) is 0 Å². The third-order valence-electron chi connectivity index (χ3n) is 2.33. The number of unbranched alkanes of at least 4 members (excludes halogenated alkanes) is 2. The second-order valence-corrected chi connectivity index (χ2v) is 4.61. The van der Waals surface area contributed by atoms with Gasteiger partial charge in [0.1, 0.15) is 17.4 Å². The predicted octanol–water partition coefficient (Wildman–Crippen LogP) is 1.66. The van der Waals surface area contributed by atoms with E-state index in [9.17, 15) is 0 Å². The highest BCUT2D eigenvalue weighted by Gasteiger charge is 2.05. The van der Waals surface area contributed by atoms with Crippen molar-refractivity contribution in [2.24, 2.45) is 7.05 Å². The van der Waals surface area contributed by atoms with Crippen LogP contribution in [-0.4, -0.2) is 15.1 Å². The number of rotatable bonds is 6. The fraction of sp³-hybridized carbons (Fsp3) is 0.700. The number of aryl methyl sites for hydroxylation is 2. The lowest BCUT2D eigenvalue weighted by molar-refractivity contribution is -0.677. The Morgan fingerprint density at radius 2 is 2.29 bits per heavy atom. The van der Waals surface area contributed by atoms with E-state index in [-0.39, 0.29) is 5.01 Å². The molecule has 0 amide bonds. The lowest BCUT2D eigenvalue weighted by Gasteiger charge is -2.00. The van der Waals surface area contributed by atoms with Crippen LogP contribution in [0.2, 0.25) is 0 Å². The first-order valence-electron chi connectivity index (χ1n) is 5.04. The summed E-state index contributed by atoms with van der Waals surface area (Å²) in [5.74, 6) is 1.27.